The zero-order valence-electron chi connectivity index (χ0n) is 8.47. The number of nitrogens with one attached hydrogen (secondary N) is 1. The maximum atomic E-state index is 11.2. The number of terminal acetylenes is 1. The highest BCUT2D eigenvalue weighted by Gasteiger charge is 2.06. The second-order valence-electron chi connectivity index (χ2n) is 2.78. The van der Waals surface area contributed by atoms with Crippen LogP contribution in [0.1, 0.15) is 20.3 Å². The van der Waals surface area contributed by atoms with E-state index >= 15 is 0 Å². The van der Waals surface area contributed by atoms with Gasteiger partial charge in [0.15, 0.2) is 0 Å². The van der Waals surface area contributed by atoms with E-state index in [1.807, 2.05) is 18.7 Å². The molecule has 74 valence electrons. The van der Waals surface area contributed by atoms with Crippen LogP contribution in [-0.2, 0) is 4.79 Å². The quantitative estimate of drug-likeness (QED) is 0.606. The number of carbonyl (C=O) groups is 1. The smallest absolute Gasteiger partial charge is 0.234 e. The number of carbonyl (C=O) groups excluding carboxylic acids is 1. The molecule has 0 aliphatic rings. The average molecular weight is 182 g/mol. The van der Waals surface area contributed by atoms with Crippen LogP contribution in [0.2, 0.25) is 0 Å². The highest BCUT2D eigenvalue weighted by Crippen LogP contribution is 1.89. The molecule has 0 saturated carbocycles. The van der Waals surface area contributed by atoms with Gasteiger partial charge < -0.3 is 5.32 Å². The van der Waals surface area contributed by atoms with Gasteiger partial charge in [-0.15, -0.1) is 12.3 Å². The van der Waals surface area contributed by atoms with E-state index in [-0.39, 0.29) is 5.91 Å². The van der Waals surface area contributed by atoms with Crippen molar-refractivity contribution in [1.82, 2.24) is 10.2 Å². The second-order valence-corrected chi connectivity index (χ2v) is 2.78. The minimum Gasteiger partial charge on any atom is -0.355 e. The summed E-state index contributed by atoms with van der Waals surface area (Å²) < 4.78 is 0. The van der Waals surface area contributed by atoms with Gasteiger partial charge >= 0.3 is 0 Å². The first-order valence-corrected chi connectivity index (χ1v) is 4.67. The summed E-state index contributed by atoms with van der Waals surface area (Å²) in [6, 6.07) is 0. The molecule has 0 aromatic carbocycles. The van der Waals surface area contributed by atoms with Crippen LogP contribution >= 0.6 is 0 Å². The van der Waals surface area contributed by atoms with Crippen LogP contribution in [0.4, 0.5) is 0 Å². The molecule has 0 aliphatic heterocycles. The summed E-state index contributed by atoms with van der Waals surface area (Å²) in [5.41, 5.74) is 0. The molecule has 0 fully saturated rings. The molecule has 0 aromatic rings. The van der Waals surface area contributed by atoms with Gasteiger partial charge in [0, 0.05) is 19.5 Å². The first kappa shape index (κ1) is 12.0. The number of hydrogen-bond donors (Lipinski definition) is 1. The van der Waals surface area contributed by atoms with E-state index in [9.17, 15) is 4.79 Å². The average Bonchev–Trinajstić information content (AvgIpc) is 2.12. The Hall–Kier alpha value is -1.01. The lowest BCUT2D eigenvalue weighted by Crippen LogP contribution is -2.37. The van der Waals surface area contributed by atoms with Gasteiger partial charge in [0.25, 0.3) is 0 Å². The Morgan fingerprint density at radius 1 is 1.54 bits per heavy atom. The zero-order valence-corrected chi connectivity index (χ0v) is 8.47. The predicted molar refractivity (Wildman–Crippen MR) is 54.2 cm³/mol. The van der Waals surface area contributed by atoms with Crippen molar-refractivity contribution in [3.63, 3.8) is 0 Å². The molecule has 0 atom stereocenters. The lowest BCUT2D eigenvalue weighted by atomic mass is 10.3. The Morgan fingerprint density at radius 2 is 2.23 bits per heavy atom. The maximum Gasteiger partial charge on any atom is 0.234 e. The van der Waals surface area contributed by atoms with Gasteiger partial charge in [-0.25, -0.2) is 0 Å². The monoisotopic (exact) mass is 182 g/mol. The minimum absolute atomic E-state index is 0.0707. The first-order valence-electron chi connectivity index (χ1n) is 4.67. The first-order chi connectivity index (χ1) is 6.24. The molecule has 1 amide bonds. The van der Waals surface area contributed by atoms with Crippen LogP contribution < -0.4 is 5.32 Å². The fraction of sp³-hybridized carbons (Fsp3) is 0.700. The Labute approximate surface area is 80.5 Å². The Morgan fingerprint density at radius 3 is 2.69 bits per heavy atom. The predicted octanol–water partition coefficient (Wildman–Crippen LogP) is 0.468. The minimum atomic E-state index is 0.0707. The standard InChI is InChI=1S/C10H18N2O/c1-4-7-8-12(6-3)9-10(13)11-5-2/h1H,5-9H2,2-3H3,(H,11,13). The summed E-state index contributed by atoms with van der Waals surface area (Å²) in [7, 11) is 0. The SMILES string of the molecule is C#CCCN(CC)CC(=O)NCC. The van der Waals surface area contributed by atoms with Gasteiger partial charge in [-0.3, -0.25) is 9.69 Å². The second kappa shape index (κ2) is 7.63. The highest BCUT2D eigenvalue weighted by molar-refractivity contribution is 5.77. The van der Waals surface area contributed by atoms with Crippen LogP contribution in [0.15, 0.2) is 0 Å². The van der Waals surface area contributed by atoms with Gasteiger partial charge in [0.05, 0.1) is 6.54 Å². The molecule has 0 unspecified atom stereocenters. The Kier molecular flexibility index (Phi) is 7.04. The molecule has 0 radical (unpaired) electrons. The number of nitrogens with zero attached hydrogens (tertiary/aromatic N) is 1. The van der Waals surface area contributed by atoms with Gasteiger partial charge in [-0.1, -0.05) is 6.92 Å². The van der Waals surface area contributed by atoms with Crippen molar-refractivity contribution in [2.24, 2.45) is 0 Å². The van der Waals surface area contributed by atoms with Gasteiger partial charge in [0.2, 0.25) is 5.91 Å². The lowest BCUT2D eigenvalue weighted by Gasteiger charge is -2.17. The van der Waals surface area contributed by atoms with Crippen LogP contribution in [0.25, 0.3) is 0 Å². The molecule has 3 heteroatoms. The van der Waals surface area contributed by atoms with Crippen molar-refractivity contribution in [2.45, 2.75) is 20.3 Å². The fourth-order valence-corrected chi connectivity index (χ4v) is 1.03. The van der Waals surface area contributed by atoms with Crippen molar-refractivity contribution in [2.75, 3.05) is 26.2 Å². The van der Waals surface area contributed by atoms with E-state index in [0.29, 0.717) is 19.5 Å². The lowest BCUT2D eigenvalue weighted by molar-refractivity contribution is -0.122. The van der Waals surface area contributed by atoms with Crippen molar-refractivity contribution in [1.29, 1.82) is 0 Å². The number of amides is 1. The molecule has 0 saturated heterocycles. The van der Waals surface area contributed by atoms with Crippen molar-refractivity contribution >= 4 is 5.91 Å². The van der Waals surface area contributed by atoms with E-state index in [0.717, 1.165) is 13.1 Å². The van der Waals surface area contributed by atoms with Gasteiger partial charge in [-0.05, 0) is 13.5 Å². The third-order valence-corrected chi connectivity index (χ3v) is 1.76. The van der Waals surface area contributed by atoms with Crippen molar-refractivity contribution < 1.29 is 4.79 Å². The topological polar surface area (TPSA) is 32.3 Å². The summed E-state index contributed by atoms with van der Waals surface area (Å²) >= 11 is 0. The molecule has 0 spiro atoms. The van der Waals surface area contributed by atoms with Crippen molar-refractivity contribution in [3.05, 3.63) is 0 Å². The zero-order chi connectivity index (χ0) is 10.1. The van der Waals surface area contributed by atoms with E-state index in [1.165, 1.54) is 0 Å². The summed E-state index contributed by atoms with van der Waals surface area (Å²) in [5.74, 6) is 2.64. The molecule has 1 N–H and O–H groups in total. The normalized spacial score (nSPS) is 9.69. The molecular weight excluding hydrogens is 164 g/mol. The van der Waals surface area contributed by atoms with E-state index < -0.39 is 0 Å². The van der Waals surface area contributed by atoms with E-state index in [2.05, 4.69) is 11.2 Å². The summed E-state index contributed by atoms with van der Waals surface area (Å²) in [6.07, 6.45) is 5.85. The number of likely N-dealkylation sites (N-methyl/N-ethyl adjacent to an activating group) is 2. The fourth-order valence-electron chi connectivity index (χ4n) is 1.03. The van der Waals surface area contributed by atoms with Crippen LogP contribution in [0.5, 0.6) is 0 Å². The molecule has 0 heterocycles. The van der Waals surface area contributed by atoms with Crippen molar-refractivity contribution in [3.8, 4) is 12.3 Å². The third kappa shape index (κ3) is 6.18. The molecule has 3 nitrogen and oxygen atoms in total. The Bertz CT molecular complexity index is 184. The largest absolute Gasteiger partial charge is 0.355 e. The van der Waals surface area contributed by atoms with Crippen LogP contribution in [0, 0.1) is 12.3 Å². The molecule has 0 aliphatic carbocycles. The summed E-state index contributed by atoms with van der Waals surface area (Å²) in [5, 5.41) is 2.75. The summed E-state index contributed by atoms with van der Waals surface area (Å²) in [6.45, 7) is 6.73. The number of hydrogen-bond acceptors (Lipinski definition) is 2. The molecule has 13 heavy (non-hydrogen) atoms. The molecule has 0 bridgehead atoms. The Balaban J connectivity index is 3.70. The van der Waals surface area contributed by atoms with Crippen LogP contribution in [0.3, 0.4) is 0 Å². The maximum absolute atomic E-state index is 11.2. The molecular formula is C10H18N2O. The third-order valence-electron chi connectivity index (χ3n) is 1.76. The van der Waals surface area contributed by atoms with E-state index in [4.69, 9.17) is 6.42 Å². The molecule has 0 aromatic heterocycles. The van der Waals surface area contributed by atoms with Crippen LogP contribution in [-0.4, -0.2) is 37.0 Å². The molecule has 0 rings (SSSR count). The van der Waals surface area contributed by atoms with E-state index in [1.54, 1.807) is 0 Å². The highest BCUT2D eigenvalue weighted by atomic mass is 16.2. The van der Waals surface area contributed by atoms with Gasteiger partial charge in [-0.2, -0.15) is 0 Å². The summed E-state index contributed by atoms with van der Waals surface area (Å²) in [4.78, 5) is 13.2. The number of rotatable bonds is 6. The van der Waals surface area contributed by atoms with Gasteiger partial charge in [0.1, 0.15) is 0 Å².